The quantitative estimate of drug-likeness (QED) is 0.531. The van der Waals surface area contributed by atoms with Gasteiger partial charge in [-0.2, -0.15) is 0 Å². The van der Waals surface area contributed by atoms with Gasteiger partial charge in [0.15, 0.2) is 5.78 Å². The second-order valence-corrected chi connectivity index (χ2v) is 4.32. The zero-order valence-electron chi connectivity index (χ0n) is 9.23. The first-order valence-corrected chi connectivity index (χ1v) is 5.41. The molecule has 2 rings (SSSR count). The van der Waals surface area contributed by atoms with E-state index in [9.17, 15) is 4.79 Å². The maximum absolute atomic E-state index is 11.2. The fourth-order valence-electron chi connectivity index (χ4n) is 1.91. The number of anilines is 2. The van der Waals surface area contributed by atoms with Crippen molar-refractivity contribution in [2.24, 2.45) is 0 Å². The largest absolute Gasteiger partial charge is 0.398 e. The van der Waals surface area contributed by atoms with Crippen molar-refractivity contribution in [1.29, 1.82) is 0 Å². The summed E-state index contributed by atoms with van der Waals surface area (Å²) >= 11 is 0. The van der Waals surface area contributed by atoms with Crippen molar-refractivity contribution in [2.45, 2.75) is 31.9 Å². The number of nitrogens with two attached hydrogens (primary N) is 1. The molecule has 0 aromatic heterocycles. The lowest BCUT2D eigenvalue weighted by Crippen LogP contribution is -2.38. The van der Waals surface area contributed by atoms with E-state index >= 15 is 0 Å². The maximum Gasteiger partial charge on any atom is 0.161 e. The SMILES string of the molecule is CC(=O)c1ccc(NC2CC(O)C2)cc1N. The number of nitrogen functional groups attached to an aromatic ring is 1. The highest BCUT2D eigenvalue weighted by molar-refractivity contribution is 5.99. The van der Waals surface area contributed by atoms with Crippen LogP contribution in [0.2, 0.25) is 0 Å². The molecule has 4 nitrogen and oxygen atoms in total. The smallest absolute Gasteiger partial charge is 0.161 e. The van der Waals surface area contributed by atoms with Crippen LogP contribution in [0.5, 0.6) is 0 Å². The predicted molar refractivity (Wildman–Crippen MR) is 63.5 cm³/mol. The third-order valence-electron chi connectivity index (χ3n) is 2.91. The number of carbonyl (C=O) groups is 1. The lowest BCUT2D eigenvalue weighted by molar-refractivity contribution is 0.0836. The van der Waals surface area contributed by atoms with Crippen LogP contribution < -0.4 is 11.1 Å². The molecule has 86 valence electrons. The highest BCUT2D eigenvalue weighted by Crippen LogP contribution is 2.26. The Morgan fingerprint density at radius 3 is 2.69 bits per heavy atom. The van der Waals surface area contributed by atoms with Gasteiger partial charge in [-0.1, -0.05) is 0 Å². The number of rotatable bonds is 3. The van der Waals surface area contributed by atoms with Gasteiger partial charge in [-0.05, 0) is 38.0 Å². The minimum Gasteiger partial charge on any atom is -0.398 e. The van der Waals surface area contributed by atoms with E-state index in [2.05, 4.69) is 5.32 Å². The van der Waals surface area contributed by atoms with Crippen LogP contribution in [0.25, 0.3) is 0 Å². The number of Topliss-reactive ketones (excluding diaryl/α,β-unsaturated/α-hetero) is 1. The summed E-state index contributed by atoms with van der Waals surface area (Å²) in [6.07, 6.45) is 1.37. The first-order valence-electron chi connectivity index (χ1n) is 5.41. The van der Waals surface area contributed by atoms with Crippen molar-refractivity contribution in [3.63, 3.8) is 0 Å². The molecule has 0 radical (unpaired) electrons. The highest BCUT2D eigenvalue weighted by Gasteiger charge is 2.26. The van der Waals surface area contributed by atoms with Gasteiger partial charge in [0.2, 0.25) is 0 Å². The molecule has 1 aromatic carbocycles. The first kappa shape index (κ1) is 11.0. The maximum atomic E-state index is 11.2. The molecule has 4 N–H and O–H groups in total. The molecule has 16 heavy (non-hydrogen) atoms. The van der Waals surface area contributed by atoms with Crippen LogP contribution in [0, 0.1) is 0 Å². The molecular weight excluding hydrogens is 204 g/mol. The van der Waals surface area contributed by atoms with Crippen LogP contribution in [0.3, 0.4) is 0 Å². The number of carbonyl (C=O) groups excluding carboxylic acids is 1. The number of hydrogen-bond acceptors (Lipinski definition) is 4. The van der Waals surface area contributed by atoms with E-state index in [1.54, 1.807) is 12.1 Å². The Labute approximate surface area is 94.5 Å². The average molecular weight is 220 g/mol. The van der Waals surface area contributed by atoms with E-state index < -0.39 is 0 Å². The van der Waals surface area contributed by atoms with Gasteiger partial charge in [-0.15, -0.1) is 0 Å². The molecule has 1 aliphatic rings. The third kappa shape index (κ3) is 2.17. The van der Waals surface area contributed by atoms with Crippen LogP contribution in [-0.4, -0.2) is 23.0 Å². The van der Waals surface area contributed by atoms with E-state index in [1.807, 2.05) is 6.07 Å². The lowest BCUT2D eigenvalue weighted by Gasteiger charge is -2.32. The van der Waals surface area contributed by atoms with E-state index in [0.717, 1.165) is 18.5 Å². The van der Waals surface area contributed by atoms with Crippen LogP contribution in [0.1, 0.15) is 30.1 Å². The molecule has 0 atom stereocenters. The molecule has 0 spiro atoms. The Hall–Kier alpha value is -1.55. The normalized spacial score (nSPS) is 23.6. The Balaban J connectivity index is 2.06. The number of aliphatic hydroxyl groups is 1. The standard InChI is InChI=1S/C12H16N2O2/c1-7(15)11-3-2-8(6-12(11)13)14-9-4-10(16)5-9/h2-3,6,9-10,14,16H,4-5,13H2,1H3. The summed E-state index contributed by atoms with van der Waals surface area (Å²) in [4.78, 5) is 11.2. The molecule has 0 aliphatic heterocycles. The van der Waals surface area contributed by atoms with Crippen LogP contribution in [-0.2, 0) is 0 Å². The molecule has 0 saturated heterocycles. The summed E-state index contributed by atoms with van der Waals surface area (Å²) in [5.41, 5.74) is 7.73. The van der Waals surface area contributed by atoms with Gasteiger partial charge < -0.3 is 16.2 Å². The summed E-state index contributed by atoms with van der Waals surface area (Å²) in [6.45, 7) is 1.50. The van der Waals surface area contributed by atoms with E-state index in [-0.39, 0.29) is 11.9 Å². The molecule has 1 saturated carbocycles. The molecule has 1 aromatic rings. The van der Waals surface area contributed by atoms with Crippen LogP contribution in [0.4, 0.5) is 11.4 Å². The Bertz CT molecular complexity index is 411. The van der Waals surface area contributed by atoms with Crippen molar-refractivity contribution in [2.75, 3.05) is 11.1 Å². The van der Waals surface area contributed by atoms with Crippen molar-refractivity contribution >= 4 is 17.2 Å². The number of nitrogens with one attached hydrogen (secondary N) is 1. The van der Waals surface area contributed by atoms with Gasteiger partial charge in [-0.3, -0.25) is 4.79 Å². The second kappa shape index (κ2) is 4.14. The van der Waals surface area contributed by atoms with Gasteiger partial charge in [-0.25, -0.2) is 0 Å². The van der Waals surface area contributed by atoms with E-state index in [1.165, 1.54) is 6.92 Å². The second-order valence-electron chi connectivity index (χ2n) is 4.32. The zero-order valence-corrected chi connectivity index (χ0v) is 9.23. The van der Waals surface area contributed by atoms with E-state index in [4.69, 9.17) is 10.8 Å². The van der Waals surface area contributed by atoms with Gasteiger partial charge in [0.1, 0.15) is 0 Å². The summed E-state index contributed by atoms with van der Waals surface area (Å²) in [6, 6.07) is 5.66. The fourth-order valence-corrected chi connectivity index (χ4v) is 1.91. The van der Waals surface area contributed by atoms with Gasteiger partial charge >= 0.3 is 0 Å². The third-order valence-corrected chi connectivity index (χ3v) is 2.91. The summed E-state index contributed by atoms with van der Waals surface area (Å²) in [5.74, 6) is -0.0249. The predicted octanol–water partition coefficient (Wildman–Crippen LogP) is 1.41. The Morgan fingerprint density at radius 1 is 1.50 bits per heavy atom. The van der Waals surface area contributed by atoms with Crippen LogP contribution in [0.15, 0.2) is 18.2 Å². The van der Waals surface area contributed by atoms with Crippen molar-refractivity contribution in [3.05, 3.63) is 23.8 Å². The van der Waals surface area contributed by atoms with E-state index in [0.29, 0.717) is 17.3 Å². The molecule has 0 heterocycles. The summed E-state index contributed by atoms with van der Waals surface area (Å²) < 4.78 is 0. The summed E-state index contributed by atoms with van der Waals surface area (Å²) in [7, 11) is 0. The molecule has 0 bridgehead atoms. The molecule has 0 amide bonds. The molecular formula is C12H16N2O2. The fraction of sp³-hybridized carbons (Fsp3) is 0.417. The monoisotopic (exact) mass is 220 g/mol. The van der Waals surface area contributed by atoms with Crippen molar-refractivity contribution < 1.29 is 9.90 Å². The minimum atomic E-state index is -0.175. The minimum absolute atomic E-state index is 0.0249. The van der Waals surface area contributed by atoms with Crippen LogP contribution >= 0.6 is 0 Å². The zero-order chi connectivity index (χ0) is 11.7. The molecule has 1 aliphatic carbocycles. The number of aliphatic hydroxyl groups excluding tert-OH is 1. The van der Waals surface area contributed by atoms with Crippen molar-refractivity contribution in [3.8, 4) is 0 Å². The summed E-state index contributed by atoms with van der Waals surface area (Å²) in [5, 5.41) is 12.4. The lowest BCUT2D eigenvalue weighted by atomic mass is 9.89. The molecule has 4 heteroatoms. The van der Waals surface area contributed by atoms with Gasteiger partial charge in [0, 0.05) is 23.0 Å². The topological polar surface area (TPSA) is 75.3 Å². The van der Waals surface area contributed by atoms with Gasteiger partial charge in [0.25, 0.3) is 0 Å². The molecule has 1 fully saturated rings. The first-order chi connectivity index (χ1) is 7.56. The average Bonchev–Trinajstić information content (AvgIpc) is 2.15. The number of benzene rings is 1. The Kier molecular flexibility index (Phi) is 2.83. The number of hydrogen-bond donors (Lipinski definition) is 3. The number of ketones is 1. The van der Waals surface area contributed by atoms with Crippen molar-refractivity contribution in [1.82, 2.24) is 0 Å². The Morgan fingerprint density at radius 2 is 2.19 bits per heavy atom. The molecule has 0 unspecified atom stereocenters. The highest BCUT2D eigenvalue weighted by atomic mass is 16.3. The van der Waals surface area contributed by atoms with Gasteiger partial charge in [0.05, 0.1) is 6.10 Å².